The summed E-state index contributed by atoms with van der Waals surface area (Å²) >= 11 is 0. The predicted molar refractivity (Wildman–Crippen MR) is 157 cm³/mol. The molecule has 0 spiro atoms. The van der Waals surface area contributed by atoms with Crippen LogP contribution >= 0.6 is 0 Å². The van der Waals surface area contributed by atoms with Crippen LogP contribution in [0.1, 0.15) is 59.9 Å². The molecule has 2 N–H and O–H groups in total. The topological polar surface area (TPSA) is 67.2 Å². The van der Waals surface area contributed by atoms with Gasteiger partial charge in [-0.25, -0.2) is 0 Å². The third-order valence-corrected chi connectivity index (χ3v) is 8.28. The summed E-state index contributed by atoms with van der Waals surface area (Å²) in [6, 6.07) is 28.5. The number of carbonyl (C=O) groups is 1. The minimum Gasteiger partial charge on any atom is -0.394 e. The number of aromatic nitrogens is 2. The van der Waals surface area contributed by atoms with Crippen LogP contribution in [0.25, 0.3) is 21.9 Å². The van der Waals surface area contributed by atoms with Crippen molar-refractivity contribution in [3.8, 4) is 0 Å². The lowest BCUT2D eigenvalue weighted by molar-refractivity contribution is -0.124. The maximum atomic E-state index is 13.7. The number of aryl methyl sites for hydroxylation is 1. The zero-order chi connectivity index (χ0) is 26.8. The van der Waals surface area contributed by atoms with Gasteiger partial charge < -0.3 is 15.0 Å². The van der Waals surface area contributed by atoms with E-state index >= 15 is 0 Å². The number of benzene rings is 3. The summed E-state index contributed by atoms with van der Waals surface area (Å²) in [6.45, 7) is 2.69. The smallest absolute Gasteiger partial charge is 0.228 e. The van der Waals surface area contributed by atoms with E-state index in [-0.39, 0.29) is 18.4 Å². The Hall–Kier alpha value is -3.96. The van der Waals surface area contributed by atoms with Crippen LogP contribution in [0.4, 0.5) is 0 Å². The highest BCUT2D eigenvalue weighted by Gasteiger charge is 2.33. The standard InChI is InChI=1S/C34H35N3O2/c1-23-19-31-33(35-20-23)28-13-7-8-14-30(28)37(31)21-24-15-17-27(18-16-24)32(26-11-5-6-12-26)34(39)36-29(22-38)25-9-3-2-4-10-25/h2-4,7-10,13-20,26,29,32,38H,5-6,11-12,21-22H2,1H3,(H,36,39). The second kappa shape index (κ2) is 11.0. The molecule has 0 radical (unpaired) electrons. The summed E-state index contributed by atoms with van der Waals surface area (Å²) in [6.07, 6.45) is 6.37. The molecular formula is C34H35N3O2. The normalized spacial score (nSPS) is 15.5. The number of nitrogens with one attached hydrogen (secondary N) is 1. The molecule has 2 aromatic heterocycles. The lowest BCUT2D eigenvalue weighted by atomic mass is 9.83. The van der Waals surface area contributed by atoms with Crippen LogP contribution in [0, 0.1) is 12.8 Å². The van der Waals surface area contributed by atoms with Gasteiger partial charge in [-0.3, -0.25) is 9.78 Å². The van der Waals surface area contributed by atoms with Crippen LogP contribution in [0.3, 0.4) is 0 Å². The fourth-order valence-electron chi connectivity index (χ4n) is 6.30. The number of nitrogens with zero attached hydrogens (tertiary/aromatic N) is 2. The second-order valence-electron chi connectivity index (χ2n) is 10.9. The SMILES string of the molecule is Cc1cnc2c3ccccc3n(Cc3ccc(C(C(=O)NC(CO)c4ccccc4)C4CCCC4)cc3)c2c1. The van der Waals surface area contributed by atoms with E-state index in [2.05, 4.69) is 71.4 Å². The van der Waals surface area contributed by atoms with Crippen molar-refractivity contribution in [3.63, 3.8) is 0 Å². The number of aliphatic hydroxyl groups is 1. The average molecular weight is 518 g/mol. The second-order valence-corrected chi connectivity index (χ2v) is 10.9. The fraction of sp³-hybridized carbons (Fsp3) is 0.294. The molecule has 3 aromatic carbocycles. The third-order valence-electron chi connectivity index (χ3n) is 8.28. The van der Waals surface area contributed by atoms with Gasteiger partial charge in [-0.15, -0.1) is 0 Å². The largest absolute Gasteiger partial charge is 0.394 e. The molecule has 1 fully saturated rings. The molecule has 1 saturated carbocycles. The Morgan fingerprint density at radius 3 is 2.41 bits per heavy atom. The van der Waals surface area contributed by atoms with Crippen molar-refractivity contribution in [1.82, 2.24) is 14.9 Å². The molecular weight excluding hydrogens is 482 g/mol. The highest BCUT2D eigenvalue weighted by Crippen LogP contribution is 2.38. The van der Waals surface area contributed by atoms with Crippen molar-refractivity contribution in [3.05, 3.63) is 113 Å². The van der Waals surface area contributed by atoms with Crippen LogP contribution in [0.2, 0.25) is 0 Å². The van der Waals surface area contributed by atoms with Crippen LogP contribution < -0.4 is 5.32 Å². The van der Waals surface area contributed by atoms with Crippen molar-refractivity contribution >= 4 is 27.8 Å². The minimum atomic E-state index is -0.408. The van der Waals surface area contributed by atoms with Crippen molar-refractivity contribution in [2.24, 2.45) is 5.92 Å². The molecule has 6 rings (SSSR count). The first-order valence-electron chi connectivity index (χ1n) is 14.0. The van der Waals surface area contributed by atoms with Crippen molar-refractivity contribution < 1.29 is 9.90 Å². The van der Waals surface area contributed by atoms with E-state index in [0.717, 1.165) is 60.0 Å². The number of para-hydroxylation sites is 1. The average Bonchev–Trinajstić information content (AvgIpc) is 3.60. The molecule has 39 heavy (non-hydrogen) atoms. The Kier molecular flexibility index (Phi) is 7.16. The fourth-order valence-corrected chi connectivity index (χ4v) is 6.30. The highest BCUT2D eigenvalue weighted by atomic mass is 16.3. The van der Waals surface area contributed by atoms with E-state index in [0.29, 0.717) is 5.92 Å². The Labute approximate surface area is 229 Å². The van der Waals surface area contributed by atoms with Crippen LogP contribution in [-0.4, -0.2) is 27.2 Å². The Bertz CT molecular complexity index is 1580. The first-order valence-corrected chi connectivity index (χ1v) is 14.0. The van der Waals surface area contributed by atoms with Gasteiger partial charge in [0.1, 0.15) is 0 Å². The molecule has 1 aliphatic carbocycles. The van der Waals surface area contributed by atoms with Crippen LogP contribution in [0.15, 0.2) is 91.1 Å². The van der Waals surface area contributed by atoms with E-state index in [4.69, 9.17) is 4.98 Å². The lowest BCUT2D eigenvalue weighted by Crippen LogP contribution is -2.37. The van der Waals surface area contributed by atoms with Crippen molar-refractivity contribution in [2.45, 2.75) is 51.1 Å². The van der Waals surface area contributed by atoms with E-state index in [1.165, 1.54) is 16.5 Å². The van der Waals surface area contributed by atoms with Gasteiger partial charge >= 0.3 is 0 Å². The number of rotatable bonds is 8. The van der Waals surface area contributed by atoms with Gasteiger partial charge in [0, 0.05) is 18.1 Å². The Morgan fingerprint density at radius 2 is 1.67 bits per heavy atom. The molecule has 0 aliphatic heterocycles. The number of amides is 1. The summed E-state index contributed by atoms with van der Waals surface area (Å²) < 4.78 is 2.34. The summed E-state index contributed by atoms with van der Waals surface area (Å²) in [4.78, 5) is 18.4. The van der Waals surface area contributed by atoms with E-state index < -0.39 is 6.04 Å². The van der Waals surface area contributed by atoms with Gasteiger partial charge in [0.2, 0.25) is 5.91 Å². The first kappa shape index (κ1) is 25.3. The number of hydrogen-bond acceptors (Lipinski definition) is 3. The van der Waals surface area contributed by atoms with Gasteiger partial charge in [0.25, 0.3) is 0 Å². The predicted octanol–water partition coefficient (Wildman–Crippen LogP) is 6.67. The zero-order valence-electron chi connectivity index (χ0n) is 22.4. The summed E-state index contributed by atoms with van der Waals surface area (Å²) in [5.74, 6) is 0.0956. The molecule has 2 heterocycles. The Balaban J connectivity index is 1.29. The molecule has 5 nitrogen and oxygen atoms in total. The summed E-state index contributed by atoms with van der Waals surface area (Å²) in [5, 5.41) is 14.4. The van der Waals surface area contributed by atoms with Gasteiger partial charge in [0.05, 0.1) is 35.1 Å². The molecule has 1 amide bonds. The lowest BCUT2D eigenvalue weighted by Gasteiger charge is -2.26. The van der Waals surface area contributed by atoms with Crippen LogP contribution in [0.5, 0.6) is 0 Å². The summed E-state index contributed by atoms with van der Waals surface area (Å²) in [7, 11) is 0. The van der Waals surface area contributed by atoms with E-state index in [1.807, 2.05) is 36.5 Å². The number of carbonyl (C=O) groups excluding carboxylic acids is 1. The molecule has 2 atom stereocenters. The summed E-state index contributed by atoms with van der Waals surface area (Å²) in [5.41, 5.74) is 7.64. The molecule has 5 aromatic rings. The molecule has 0 saturated heterocycles. The molecule has 0 bridgehead atoms. The third kappa shape index (κ3) is 5.07. The number of aliphatic hydroxyl groups excluding tert-OH is 1. The molecule has 1 aliphatic rings. The monoisotopic (exact) mass is 517 g/mol. The minimum absolute atomic E-state index is 0.00139. The van der Waals surface area contributed by atoms with Gasteiger partial charge in [0.15, 0.2) is 0 Å². The van der Waals surface area contributed by atoms with Gasteiger partial charge in [-0.05, 0) is 60.1 Å². The van der Waals surface area contributed by atoms with E-state index in [9.17, 15) is 9.90 Å². The van der Waals surface area contributed by atoms with Crippen molar-refractivity contribution in [1.29, 1.82) is 0 Å². The number of pyridine rings is 1. The number of hydrogen-bond donors (Lipinski definition) is 2. The number of fused-ring (bicyclic) bond motifs is 3. The van der Waals surface area contributed by atoms with Crippen molar-refractivity contribution in [2.75, 3.05) is 6.61 Å². The van der Waals surface area contributed by atoms with Gasteiger partial charge in [-0.2, -0.15) is 0 Å². The first-order chi connectivity index (χ1) is 19.1. The van der Waals surface area contributed by atoms with Gasteiger partial charge in [-0.1, -0.05) is 85.6 Å². The quantitative estimate of drug-likeness (QED) is 0.242. The maximum Gasteiger partial charge on any atom is 0.228 e. The maximum absolute atomic E-state index is 13.7. The zero-order valence-corrected chi connectivity index (χ0v) is 22.4. The van der Waals surface area contributed by atoms with Crippen LogP contribution in [-0.2, 0) is 11.3 Å². The molecule has 198 valence electrons. The molecule has 2 unspecified atom stereocenters. The Morgan fingerprint density at radius 1 is 0.949 bits per heavy atom. The van der Waals surface area contributed by atoms with E-state index in [1.54, 1.807) is 0 Å². The molecule has 5 heteroatoms. The highest BCUT2D eigenvalue weighted by molar-refractivity contribution is 6.05.